The first-order chi connectivity index (χ1) is 13.2. The zero-order chi connectivity index (χ0) is 20.2. The molecule has 8 heteroatoms. The Morgan fingerprint density at radius 2 is 1.74 bits per heavy atom. The lowest BCUT2D eigenvalue weighted by Gasteiger charge is -2.41. The second-order valence-corrected chi connectivity index (χ2v) is 5.44. The van der Waals surface area contributed by atoms with Crippen LogP contribution in [-0.2, 0) is 4.74 Å². The maximum Gasteiger partial charge on any atom is 0.228 e. The van der Waals surface area contributed by atoms with Gasteiger partial charge in [0.25, 0.3) is 0 Å². The molecular weight excluding hydrogens is 347 g/mol. The highest BCUT2D eigenvalue weighted by atomic mass is 19.1. The van der Waals surface area contributed by atoms with Crippen molar-refractivity contribution in [3.63, 3.8) is 0 Å². The molecule has 0 amide bonds. The lowest BCUT2D eigenvalue weighted by molar-refractivity contribution is 0.173. The molecule has 0 N–H and O–H groups in total. The summed E-state index contributed by atoms with van der Waals surface area (Å²) in [5.74, 6) is 0.597. The molecule has 2 aromatic rings. The number of nitrogens with zero attached hydrogens (tertiary/aromatic N) is 6. The largest absolute Gasteiger partial charge is 0.382 e. The highest BCUT2D eigenvalue weighted by Gasteiger charge is 2.30. The maximum atomic E-state index is 13.7. The predicted molar refractivity (Wildman–Crippen MR) is 107 cm³/mol. The van der Waals surface area contributed by atoms with Crippen molar-refractivity contribution in [2.24, 2.45) is 0 Å². The summed E-state index contributed by atoms with van der Waals surface area (Å²) in [7, 11) is 1.66. The summed E-state index contributed by atoms with van der Waals surface area (Å²) in [6.07, 6.45) is 4.95. The lowest BCUT2D eigenvalue weighted by atomic mass is 10.2. The second-order valence-electron chi connectivity index (χ2n) is 5.44. The van der Waals surface area contributed by atoms with E-state index < -0.39 is 5.95 Å². The van der Waals surface area contributed by atoms with Crippen LogP contribution in [0.2, 0.25) is 0 Å². The monoisotopic (exact) mass is 378 g/mol. The van der Waals surface area contributed by atoms with Crippen LogP contribution in [0.3, 0.4) is 0 Å². The molecule has 1 aliphatic rings. The lowest BCUT2D eigenvalue weighted by Crippen LogP contribution is -2.56. The number of methoxy groups -OCH3 is 1. The highest BCUT2D eigenvalue weighted by molar-refractivity contribution is 5.39. The third-order valence-electron chi connectivity index (χ3n) is 3.83. The van der Waals surface area contributed by atoms with E-state index in [9.17, 15) is 4.39 Å². The van der Waals surface area contributed by atoms with Gasteiger partial charge in [-0.2, -0.15) is 9.37 Å². The van der Waals surface area contributed by atoms with Gasteiger partial charge in [0.1, 0.15) is 0 Å². The highest BCUT2D eigenvalue weighted by Crippen LogP contribution is 2.20. The van der Waals surface area contributed by atoms with Crippen LogP contribution < -0.4 is 9.80 Å². The van der Waals surface area contributed by atoms with Gasteiger partial charge < -0.3 is 14.5 Å². The Kier molecular flexibility index (Phi) is 10.2. The molecule has 0 aliphatic carbocycles. The summed E-state index contributed by atoms with van der Waals surface area (Å²) in [4.78, 5) is 20.9. The molecule has 1 saturated heterocycles. The van der Waals surface area contributed by atoms with Crippen molar-refractivity contribution in [2.75, 3.05) is 43.2 Å². The standard InChI is InChI=1S/C15H19FN6O.2C2H6/c1-11-8-19-15(20-13(11)16)21-6-7-22(12(9-21)10-23-2)14-17-4-3-5-18-14;2*1-2/h3-5,8,12H,6-7,9-10H2,1-2H3;2*1-2H3/t12-;;/m1../s1. The summed E-state index contributed by atoms with van der Waals surface area (Å²) < 4.78 is 19.0. The molecule has 0 saturated carbocycles. The van der Waals surface area contributed by atoms with Crippen molar-refractivity contribution >= 4 is 11.9 Å². The van der Waals surface area contributed by atoms with Crippen molar-refractivity contribution in [1.82, 2.24) is 19.9 Å². The minimum absolute atomic E-state index is 0.0455. The Morgan fingerprint density at radius 3 is 2.33 bits per heavy atom. The van der Waals surface area contributed by atoms with E-state index in [0.29, 0.717) is 43.7 Å². The summed E-state index contributed by atoms with van der Waals surface area (Å²) in [5.41, 5.74) is 0.443. The minimum Gasteiger partial charge on any atom is -0.382 e. The number of hydrogen-bond acceptors (Lipinski definition) is 7. The van der Waals surface area contributed by atoms with Crippen molar-refractivity contribution in [2.45, 2.75) is 40.7 Å². The topological polar surface area (TPSA) is 67.3 Å². The summed E-state index contributed by atoms with van der Waals surface area (Å²) >= 11 is 0. The van der Waals surface area contributed by atoms with Crippen molar-refractivity contribution in [3.8, 4) is 0 Å². The van der Waals surface area contributed by atoms with Gasteiger partial charge in [0.15, 0.2) is 0 Å². The summed E-state index contributed by atoms with van der Waals surface area (Å²) in [6, 6.07) is 1.83. The Morgan fingerprint density at radius 1 is 1.07 bits per heavy atom. The molecule has 1 fully saturated rings. The predicted octanol–water partition coefficient (Wildman–Crippen LogP) is 3.11. The third-order valence-corrected chi connectivity index (χ3v) is 3.83. The zero-order valence-electron chi connectivity index (χ0n) is 17.2. The second kappa shape index (κ2) is 12.1. The Hall–Kier alpha value is -2.35. The van der Waals surface area contributed by atoms with Crippen LogP contribution in [0.4, 0.5) is 16.3 Å². The molecule has 2 aromatic heterocycles. The molecule has 27 heavy (non-hydrogen) atoms. The molecule has 0 unspecified atom stereocenters. The normalized spacial score (nSPS) is 16.0. The van der Waals surface area contributed by atoms with Gasteiger partial charge in [-0.25, -0.2) is 15.0 Å². The van der Waals surface area contributed by atoms with Crippen LogP contribution in [0.25, 0.3) is 0 Å². The number of piperazine rings is 1. The zero-order valence-corrected chi connectivity index (χ0v) is 17.2. The van der Waals surface area contributed by atoms with Crippen LogP contribution in [-0.4, -0.2) is 59.3 Å². The average Bonchev–Trinajstić information content (AvgIpc) is 2.74. The molecule has 0 aromatic carbocycles. The van der Waals surface area contributed by atoms with E-state index in [1.165, 1.54) is 6.20 Å². The number of aryl methyl sites for hydroxylation is 1. The molecule has 0 radical (unpaired) electrons. The summed E-state index contributed by atoms with van der Waals surface area (Å²) in [5, 5.41) is 0. The van der Waals surface area contributed by atoms with Crippen LogP contribution in [0.5, 0.6) is 0 Å². The van der Waals surface area contributed by atoms with E-state index in [-0.39, 0.29) is 6.04 Å². The molecule has 150 valence electrons. The number of aromatic nitrogens is 4. The molecule has 0 spiro atoms. The molecule has 1 atom stereocenters. The van der Waals surface area contributed by atoms with Crippen LogP contribution >= 0.6 is 0 Å². The summed E-state index contributed by atoms with van der Waals surface area (Å²) in [6.45, 7) is 12.1. The average molecular weight is 378 g/mol. The molecule has 7 nitrogen and oxygen atoms in total. The van der Waals surface area contributed by atoms with Crippen molar-refractivity contribution in [1.29, 1.82) is 0 Å². The van der Waals surface area contributed by atoms with Gasteiger partial charge in [-0.05, 0) is 13.0 Å². The van der Waals surface area contributed by atoms with E-state index in [1.807, 2.05) is 32.6 Å². The number of rotatable bonds is 4. The van der Waals surface area contributed by atoms with E-state index in [1.54, 1.807) is 32.5 Å². The van der Waals surface area contributed by atoms with E-state index in [4.69, 9.17) is 4.74 Å². The van der Waals surface area contributed by atoms with Gasteiger partial charge in [-0.1, -0.05) is 27.7 Å². The van der Waals surface area contributed by atoms with Gasteiger partial charge in [0.2, 0.25) is 17.8 Å². The van der Waals surface area contributed by atoms with E-state index >= 15 is 0 Å². The van der Waals surface area contributed by atoms with Crippen molar-refractivity contribution < 1.29 is 9.13 Å². The first-order valence-corrected chi connectivity index (χ1v) is 9.45. The fourth-order valence-corrected chi connectivity index (χ4v) is 2.64. The number of hydrogen-bond donors (Lipinski definition) is 0. The Labute approximate surface area is 161 Å². The van der Waals surface area contributed by atoms with Gasteiger partial charge >= 0.3 is 0 Å². The molecule has 3 heterocycles. The fourth-order valence-electron chi connectivity index (χ4n) is 2.64. The van der Waals surface area contributed by atoms with Gasteiger partial charge in [0, 0.05) is 50.9 Å². The first-order valence-electron chi connectivity index (χ1n) is 9.45. The molecular formula is C19H31FN6O. The Bertz CT molecular complexity index is 658. The first kappa shape index (κ1) is 22.7. The SMILES string of the molecule is CC.CC.COC[C@H]1CN(c2ncc(C)c(F)n2)CCN1c1ncccn1. The number of anilines is 2. The number of halogens is 1. The fraction of sp³-hybridized carbons (Fsp3) is 0.579. The Balaban J connectivity index is 0.000000855. The minimum atomic E-state index is -0.480. The maximum absolute atomic E-state index is 13.7. The van der Waals surface area contributed by atoms with Crippen LogP contribution in [0.15, 0.2) is 24.7 Å². The molecule has 1 aliphatic heterocycles. The van der Waals surface area contributed by atoms with E-state index in [2.05, 4.69) is 24.8 Å². The number of ether oxygens (including phenoxy) is 1. The van der Waals surface area contributed by atoms with Gasteiger partial charge in [-0.15, -0.1) is 0 Å². The van der Waals surface area contributed by atoms with Crippen LogP contribution in [0, 0.1) is 12.9 Å². The van der Waals surface area contributed by atoms with Gasteiger partial charge in [-0.3, -0.25) is 0 Å². The quantitative estimate of drug-likeness (QED) is 0.757. The smallest absolute Gasteiger partial charge is 0.228 e. The van der Waals surface area contributed by atoms with Crippen molar-refractivity contribution in [3.05, 3.63) is 36.2 Å². The molecule has 3 rings (SSSR count). The third kappa shape index (κ3) is 6.09. The van der Waals surface area contributed by atoms with E-state index in [0.717, 1.165) is 0 Å². The van der Waals surface area contributed by atoms with Gasteiger partial charge in [0.05, 0.1) is 12.6 Å². The van der Waals surface area contributed by atoms with Crippen LogP contribution in [0.1, 0.15) is 33.3 Å². The molecule has 0 bridgehead atoms.